The molecule has 2 N–H and O–H groups in total. The molecule has 57 heavy (non-hydrogen) atoms. The minimum Gasteiger partial charge on any atom is -0.507 e. The van der Waals surface area contributed by atoms with Gasteiger partial charge >= 0.3 is 0 Å². The van der Waals surface area contributed by atoms with Crippen LogP contribution in [0, 0.1) is 0 Å². The lowest BCUT2D eigenvalue weighted by atomic mass is 9.75. The number of phenolic OH excluding ortho intramolecular Hbond substituents is 2. The molecule has 0 aliphatic carbocycles. The molecule has 0 saturated carbocycles. The van der Waals surface area contributed by atoms with E-state index < -0.39 is 0 Å². The fourth-order valence-electron chi connectivity index (χ4n) is 8.97. The first-order valence-corrected chi connectivity index (χ1v) is 25.5. The van der Waals surface area contributed by atoms with Gasteiger partial charge in [-0.2, -0.15) is 0 Å². The van der Waals surface area contributed by atoms with E-state index >= 15 is 0 Å². The summed E-state index contributed by atoms with van der Waals surface area (Å²) < 4.78 is 0. The molecule has 0 atom stereocenters. The van der Waals surface area contributed by atoms with Crippen molar-refractivity contribution in [2.45, 2.75) is 278 Å². The Kier molecular flexibility index (Phi) is 29.5. The number of hydrogen-bond acceptors (Lipinski definition) is 2. The van der Waals surface area contributed by atoms with Crippen molar-refractivity contribution >= 4 is 0 Å². The van der Waals surface area contributed by atoms with Crippen LogP contribution in [0.3, 0.4) is 0 Å². The topological polar surface area (TPSA) is 40.5 Å². The van der Waals surface area contributed by atoms with E-state index in [0.717, 1.165) is 73.6 Å². The average Bonchev–Trinajstić information content (AvgIpc) is 3.20. The van der Waals surface area contributed by atoms with E-state index in [1.165, 1.54) is 191 Å². The van der Waals surface area contributed by atoms with Gasteiger partial charge in [0.1, 0.15) is 11.5 Å². The van der Waals surface area contributed by atoms with Crippen LogP contribution >= 0.6 is 0 Å². The first-order chi connectivity index (χ1) is 27.8. The van der Waals surface area contributed by atoms with Gasteiger partial charge in [0, 0.05) is 5.41 Å². The maximum Gasteiger partial charge on any atom is 0.121 e. The summed E-state index contributed by atoms with van der Waals surface area (Å²) in [6, 6.07) is 9.43. The second-order valence-corrected chi connectivity index (χ2v) is 18.8. The highest BCUT2D eigenvalue weighted by Gasteiger charge is 2.28. The largest absolute Gasteiger partial charge is 0.507 e. The van der Waals surface area contributed by atoms with Gasteiger partial charge < -0.3 is 10.2 Å². The summed E-state index contributed by atoms with van der Waals surface area (Å²) in [7, 11) is 0. The predicted molar refractivity (Wildman–Crippen MR) is 254 cm³/mol. The normalized spacial score (nSPS) is 11.9. The Morgan fingerprint density at radius 1 is 0.298 bits per heavy atom. The van der Waals surface area contributed by atoms with Crippen molar-refractivity contribution in [3.8, 4) is 11.5 Å². The van der Waals surface area contributed by atoms with E-state index in [2.05, 4.69) is 65.8 Å². The number of hydrogen-bond donors (Lipinski definition) is 2. The molecule has 0 aliphatic rings. The molecule has 2 nitrogen and oxygen atoms in total. The predicted octanol–water partition coefficient (Wildman–Crippen LogP) is 18.2. The van der Waals surface area contributed by atoms with Crippen LogP contribution < -0.4 is 0 Å². The van der Waals surface area contributed by atoms with E-state index in [1.54, 1.807) is 0 Å². The maximum absolute atomic E-state index is 11.7. The standard InChI is InChI=1S/C55H96O2/c1-7-11-15-19-23-27-31-35-39-47-43-51(44-48(53(47)56)40-36-32-28-24-20-16-12-8-2)55(5,6)52-45-49(41-37-33-29-25-21-17-13-9-3)54(57)50(46-52)42-38-34-30-26-22-18-14-10-4/h43-46,56-57H,7-42H2,1-6H3. The molecule has 0 bridgehead atoms. The lowest BCUT2D eigenvalue weighted by molar-refractivity contribution is 0.454. The van der Waals surface area contributed by atoms with Crippen LogP contribution in [-0.2, 0) is 31.1 Å². The molecule has 0 fully saturated rings. The summed E-state index contributed by atoms with van der Waals surface area (Å²) in [5.41, 5.74) is 7.02. The third-order valence-electron chi connectivity index (χ3n) is 13.2. The summed E-state index contributed by atoms with van der Waals surface area (Å²) in [5.74, 6) is 1.13. The summed E-state index contributed by atoms with van der Waals surface area (Å²) >= 11 is 0. The Balaban J connectivity index is 2.31. The Bertz CT molecular complexity index is 1080. The molecule has 2 rings (SSSR count). The van der Waals surface area contributed by atoms with Gasteiger partial charge in [-0.3, -0.25) is 0 Å². The van der Waals surface area contributed by atoms with Gasteiger partial charge in [0.05, 0.1) is 0 Å². The summed E-state index contributed by atoms with van der Waals surface area (Å²) in [4.78, 5) is 0. The maximum atomic E-state index is 11.7. The highest BCUT2D eigenvalue weighted by molar-refractivity contribution is 5.52. The van der Waals surface area contributed by atoms with Gasteiger partial charge in [-0.25, -0.2) is 0 Å². The molecule has 328 valence electrons. The number of aromatic hydroxyl groups is 2. The van der Waals surface area contributed by atoms with Crippen molar-refractivity contribution in [2.24, 2.45) is 0 Å². The molecule has 0 aliphatic heterocycles. The zero-order valence-electron chi connectivity index (χ0n) is 39.2. The van der Waals surface area contributed by atoms with E-state index in [9.17, 15) is 10.2 Å². The highest BCUT2D eigenvalue weighted by Crippen LogP contribution is 2.40. The molecular formula is C55H96O2. The molecule has 0 aromatic heterocycles. The first-order valence-electron chi connectivity index (χ1n) is 25.5. The minimum absolute atomic E-state index is 0.231. The van der Waals surface area contributed by atoms with Gasteiger partial charge in [-0.15, -0.1) is 0 Å². The van der Waals surface area contributed by atoms with Gasteiger partial charge in [0.25, 0.3) is 0 Å². The summed E-state index contributed by atoms with van der Waals surface area (Å²) in [6.07, 6.45) is 45.5. The van der Waals surface area contributed by atoms with Crippen molar-refractivity contribution < 1.29 is 10.2 Å². The molecule has 0 spiro atoms. The smallest absolute Gasteiger partial charge is 0.121 e. The van der Waals surface area contributed by atoms with Crippen LogP contribution in [0.4, 0.5) is 0 Å². The van der Waals surface area contributed by atoms with Gasteiger partial charge in [-0.05, 0) is 84.7 Å². The molecule has 2 heteroatoms. The second kappa shape index (κ2) is 32.8. The zero-order valence-corrected chi connectivity index (χ0v) is 39.2. The Morgan fingerprint density at radius 3 is 0.667 bits per heavy atom. The van der Waals surface area contributed by atoms with E-state index in [-0.39, 0.29) is 5.41 Å². The molecule has 0 unspecified atom stereocenters. The molecule has 0 amide bonds. The lowest BCUT2D eigenvalue weighted by Gasteiger charge is -2.30. The third-order valence-corrected chi connectivity index (χ3v) is 13.2. The second-order valence-electron chi connectivity index (χ2n) is 18.8. The fraction of sp³-hybridized carbons (Fsp3) is 0.782. The number of unbranched alkanes of at least 4 members (excludes halogenated alkanes) is 28. The molecule has 0 heterocycles. The van der Waals surface area contributed by atoms with E-state index in [0.29, 0.717) is 11.5 Å². The summed E-state index contributed by atoms with van der Waals surface area (Å²) in [6.45, 7) is 14.0. The highest BCUT2D eigenvalue weighted by atomic mass is 16.3. The third kappa shape index (κ3) is 21.7. The average molecular weight is 789 g/mol. The van der Waals surface area contributed by atoms with Crippen molar-refractivity contribution in [3.63, 3.8) is 0 Å². The Morgan fingerprint density at radius 2 is 0.474 bits per heavy atom. The first kappa shape index (κ1) is 51.2. The minimum atomic E-state index is -0.231. The van der Waals surface area contributed by atoms with Crippen LogP contribution in [0.15, 0.2) is 24.3 Å². The number of rotatable bonds is 38. The van der Waals surface area contributed by atoms with Crippen molar-refractivity contribution in [3.05, 3.63) is 57.6 Å². The molecular weight excluding hydrogens is 693 g/mol. The van der Waals surface area contributed by atoms with Crippen molar-refractivity contribution in [1.82, 2.24) is 0 Å². The van der Waals surface area contributed by atoms with Crippen molar-refractivity contribution in [1.29, 1.82) is 0 Å². The molecule has 2 aromatic rings. The fourth-order valence-corrected chi connectivity index (χ4v) is 8.97. The molecule has 0 saturated heterocycles. The Labute approximate surface area is 356 Å². The number of benzene rings is 2. The van der Waals surface area contributed by atoms with Gasteiger partial charge in [-0.1, -0.05) is 246 Å². The zero-order chi connectivity index (χ0) is 41.4. The van der Waals surface area contributed by atoms with Gasteiger partial charge in [0.15, 0.2) is 0 Å². The quantitative estimate of drug-likeness (QED) is 0.0665. The lowest BCUT2D eigenvalue weighted by Crippen LogP contribution is -2.21. The van der Waals surface area contributed by atoms with Crippen LogP contribution in [0.1, 0.15) is 280 Å². The van der Waals surface area contributed by atoms with E-state index in [1.807, 2.05) is 0 Å². The van der Waals surface area contributed by atoms with E-state index in [4.69, 9.17) is 0 Å². The van der Waals surface area contributed by atoms with Crippen LogP contribution in [0.2, 0.25) is 0 Å². The van der Waals surface area contributed by atoms with Crippen LogP contribution in [0.5, 0.6) is 11.5 Å². The monoisotopic (exact) mass is 789 g/mol. The number of phenols is 2. The molecule has 0 radical (unpaired) electrons. The SMILES string of the molecule is CCCCCCCCCCc1cc(C(C)(C)c2cc(CCCCCCCCCC)c(O)c(CCCCCCCCCC)c2)cc(CCCCCCCCCC)c1O. The Hall–Kier alpha value is -1.96. The van der Waals surface area contributed by atoms with Crippen molar-refractivity contribution in [2.75, 3.05) is 0 Å². The molecule has 2 aromatic carbocycles. The van der Waals surface area contributed by atoms with Gasteiger partial charge in [0.2, 0.25) is 0 Å². The summed E-state index contributed by atoms with van der Waals surface area (Å²) in [5, 5.41) is 23.5. The van der Waals surface area contributed by atoms with Crippen LogP contribution in [-0.4, -0.2) is 10.2 Å². The van der Waals surface area contributed by atoms with Crippen LogP contribution in [0.25, 0.3) is 0 Å². The number of aryl methyl sites for hydroxylation is 4.